The molecule has 3 nitrogen and oxygen atoms in total. The molecule has 0 fully saturated rings. The van der Waals surface area contributed by atoms with Crippen molar-refractivity contribution in [3.63, 3.8) is 0 Å². The molecule has 2 N–H and O–H groups in total. The molecule has 33 heavy (non-hydrogen) atoms. The maximum absolute atomic E-state index is 12.3. The molecule has 0 radical (unpaired) electrons. The number of halogens is 2. The summed E-state index contributed by atoms with van der Waals surface area (Å²) in [4.78, 5) is 4.88. The maximum atomic E-state index is 12.3. The van der Waals surface area contributed by atoms with Crippen LogP contribution in [-0.4, -0.2) is 22.5 Å². The van der Waals surface area contributed by atoms with E-state index in [0.29, 0.717) is 16.5 Å². The van der Waals surface area contributed by atoms with Gasteiger partial charge in [0.1, 0.15) is 11.4 Å². The number of phenols is 1. The predicted octanol–water partition coefficient (Wildman–Crippen LogP) is 6.88. The maximum Gasteiger partial charge on any atom is 0.138 e. The van der Waals surface area contributed by atoms with Gasteiger partial charge in [0, 0.05) is 16.3 Å². The fourth-order valence-corrected chi connectivity index (χ4v) is 5.19. The molecule has 0 bridgehead atoms. The largest absolute Gasteiger partial charge is 0.506 e. The van der Waals surface area contributed by atoms with E-state index in [-0.39, 0.29) is 5.75 Å². The van der Waals surface area contributed by atoms with Crippen molar-refractivity contribution in [1.82, 2.24) is 0 Å². The number of aliphatic hydroxyl groups is 1. The molecule has 4 rings (SSSR count). The first kappa shape index (κ1) is 23.4. The highest BCUT2D eigenvalue weighted by Gasteiger charge is 2.40. The zero-order chi connectivity index (χ0) is 23.3. The number of nitrogens with zero attached hydrogens (tertiary/aromatic N) is 1. The Bertz CT molecular complexity index is 1190. The molecule has 0 aliphatic heterocycles. The monoisotopic (exact) mass is 563 g/mol. The third kappa shape index (κ3) is 5.27. The summed E-state index contributed by atoms with van der Waals surface area (Å²) in [5, 5.41) is 22.9. The number of rotatable bonds is 7. The van der Waals surface area contributed by atoms with Gasteiger partial charge in [-0.2, -0.15) is 0 Å². The Morgan fingerprint density at radius 3 is 1.85 bits per heavy atom. The van der Waals surface area contributed by atoms with E-state index >= 15 is 0 Å². The van der Waals surface area contributed by atoms with Gasteiger partial charge in [0.05, 0.1) is 10.5 Å². The van der Waals surface area contributed by atoms with Gasteiger partial charge in [-0.25, -0.2) is 0 Å². The number of hydrogen-bond acceptors (Lipinski definition) is 3. The van der Waals surface area contributed by atoms with E-state index in [2.05, 4.69) is 31.9 Å². The molecule has 0 heterocycles. The number of aromatic hydroxyl groups is 1. The zero-order valence-corrected chi connectivity index (χ0v) is 20.9. The molecule has 4 aromatic carbocycles. The minimum Gasteiger partial charge on any atom is -0.506 e. The molecule has 0 unspecified atom stereocenters. The van der Waals surface area contributed by atoms with Crippen LogP contribution >= 0.6 is 31.9 Å². The van der Waals surface area contributed by atoms with E-state index in [9.17, 15) is 10.2 Å². The molecule has 0 aliphatic rings. The van der Waals surface area contributed by atoms with Crippen LogP contribution in [0.2, 0.25) is 0 Å². The van der Waals surface area contributed by atoms with Gasteiger partial charge in [0.15, 0.2) is 0 Å². The average Bonchev–Trinajstić information content (AvgIpc) is 2.85. The van der Waals surface area contributed by atoms with E-state index in [1.807, 2.05) is 91.0 Å². The second-order valence-corrected chi connectivity index (χ2v) is 9.58. The molecule has 0 aromatic heterocycles. The highest BCUT2D eigenvalue weighted by Crippen LogP contribution is 2.37. The van der Waals surface area contributed by atoms with Crippen LogP contribution in [0.3, 0.4) is 0 Å². The van der Waals surface area contributed by atoms with Gasteiger partial charge in [0.25, 0.3) is 0 Å². The first-order valence-corrected chi connectivity index (χ1v) is 12.2. The summed E-state index contributed by atoms with van der Waals surface area (Å²) in [6.45, 7) is 0. The van der Waals surface area contributed by atoms with E-state index in [0.717, 1.165) is 21.2 Å². The van der Waals surface area contributed by atoms with Gasteiger partial charge in [-0.05, 0) is 51.2 Å². The second-order valence-electron chi connectivity index (χ2n) is 7.81. The summed E-state index contributed by atoms with van der Waals surface area (Å²) >= 11 is 6.85. The van der Waals surface area contributed by atoms with Gasteiger partial charge >= 0.3 is 0 Å². The summed E-state index contributed by atoms with van der Waals surface area (Å²) in [7, 11) is 0. The van der Waals surface area contributed by atoms with Crippen LogP contribution in [-0.2, 0) is 12.0 Å². The van der Waals surface area contributed by atoms with Crippen LogP contribution in [0.25, 0.3) is 0 Å². The van der Waals surface area contributed by atoms with Crippen molar-refractivity contribution in [3.8, 4) is 5.75 Å². The topological polar surface area (TPSA) is 52.8 Å². The number of hydrogen-bond donors (Lipinski definition) is 2. The van der Waals surface area contributed by atoms with Crippen molar-refractivity contribution in [1.29, 1.82) is 0 Å². The average molecular weight is 565 g/mol. The van der Waals surface area contributed by atoms with Crippen LogP contribution < -0.4 is 0 Å². The quantitative estimate of drug-likeness (QED) is 0.240. The fraction of sp³-hybridized carbons (Fsp3) is 0.107. The zero-order valence-electron chi connectivity index (χ0n) is 17.8. The van der Waals surface area contributed by atoms with E-state index in [1.54, 1.807) is 18.3 Å². The number of benzene rings is 4. The Morgan fingerprint density at radius 2 is 1.30 bits per heavy atom. The van der Waals surface area contributed by atoms with Crippen molar-refractivity contribution in [2.24, 2.45) is 4.99 Å². The van der Waals surface area contributed by atoms with E-state index < -0.39 is 11.6 Å². The number of phenolic OH excluding ortho intramolecular Hbond substituents is 1. The third-order valence-electron chi connectivity index (χ3n) is 5.63. The molecule has 0 saturated carbocycles. The molecule has 166 valence electrons. The molecular weight excluding hydrogens is 542 g/mol. The SMILES string of the molecule is Oc1c(Br)cc(Br)cc1C=N[C@@H](Cc1ccccc1)C(O)(c1ccccc1)c1ccccc1. The van der Waals surface area contributed by atoms with Crippen LogP contribution in [0.15, 0.2) is 117 Å². The molecule has 0 aliphatic carbocycles. The van der Waals surface area contributed by atoms with Crippen molar-refractivity contribution in [3.05, 3.63) is 134 Å². The lowest BCUT2D eigenvalue weighted by Crippen LogP contribution is -2.41. The summed E-state index contributed by atoms with van der Waals surface area (Å²) in [6, 6.07) is 32.3. The smallest absolute Gasteiger partial charge is 0.138 e. The van der Waals surface area contributed by atoms with Crippen molar-refractivity contribution < 1.29 is 10.2 Å². The Hall–Kier alpha value is -2.73. The van der Waals surface area contributed by atoms with Gasteiger partial charge < -0.3 is 10.2 Å². The first-order valence-electron chi connectivity index (χ1n) is 10.6. The van der Waals surface area contributed by atoms with Crippen molar-refractivity contribution >= 4 is 38.1 Å². The molecule has 1 atom stereocenters. The van der Waals surface area contributed by atoms with Gasteiger partial charge in [0.2, 0.25) is 0 Å². The lowest BCUT2D eigenvalue weighted by molar-refractivity contribution is 0.0528. The minimum absolute atomic E-state index is 0.100. The second kappa shape index (κ2) is 10.5. The summed E-state index contributed by atoms with van der Waals surface area (Å²) in [5.74, 6) is 0.100. The third-order valence-corrected chi connectivity index (χ3v) is 6.70. The lowest BCUT2D eigenvalue weighted by atomic mass is 9.78. The highest BCUT2D eigenvalue weighted by molar-refractivity contribution is 9.11. The predicted molar refractivity (Wildman–Crippen MR) is 141 cm³/mol. The van der Waals surface area contributed by atoms with Crippen molar-refractivity contribution in [2.75, 3.05) is 0 Å². The highest BCUT2D eigenvalue weighted by atomic mass is 79.9. The fourth-order valence-electron chi connectivity index (χ4n) is 3.94. The van der Waals surface area contributed by atoms with Crippen LogP contribution in [0, 0.1) is 0 Å². The van der Waals surface area contributed by atoms with Crippen LogP contribution in [0.5, 0.6) is 5.75 Å². The van der Waals surface area contributed by atoms with E-state index in [4.69, 9.17) is 4.99 Å². The van der Waals surface area contributed by atoms with Gasteiger partial charge in [-0.3, -0.25) is 4.99 Å². The van der Waals surface area contributed by atoms with Crippen LogP contribution in [0.1, 0.15) is 22.3 Å². The summed E-state index contributed by atoms with van der Waals surface area (Å²) in [6.07, 6.45) is 2.14. The Labute approximate surface area is 210 Å². The Morgan fingerprint density at radius 1 is 0.788 bits per heavy atom. The standard InChI is InChI=1S/C28H23Br2NO2/c29-24-17-21(27(32)25(30)18-24)19-31-26(16-20-10-4-1-5-11-20)28(33,22-12-6-2-7-13-22)23-14-8-3-9-15-23/h1-15,17-19,26,32-33H,16H2/t26-/m0/s1. The molecule has 5 heteroatoms. The summed E-state index contributed by atoms with van der Waals surface area (Å²) < 4.78 is 1.38. The molecule has 0 spiro atoms. The molecule has 0 amide bonds. The molecule has 0 saturated heterocycles. The van der Waals surface area contributed by atoms with Gasteiger partial charge in [-0.15, -0.1) is 0 Å². The van der Waals surface area contributed by atoms with E-state index in [1.165, 1.54) is 0 Å². The minimum atomic E-state index is -1.38. The van der Waals surface area contributed by atoms with Gasteiger partial charge in [-0.1, -0.05) is 107 Å². The normalized spacial score (nSPS) is 12.7. The van der Waals surface area contributed by atoms with Crippen molar-refractivity contribution in [2.45, 2.75) is 18.1 Å². The number of aliphatic imine (C=N–C) groups is 1. The Kier molecular flexibility index (Phi) is 7.43. The summed E-state index contributed by atoms with van der Waals surface area (Å²) in [5.41, 5.74) is 1.75. The lowest BCUT2D eigenvalue weighted by Gasteiger charge is -2.35. The molecule has 4 aromatic rings. The van der Waals surface area contributed by atoms with Crippen LogP contribution in [0.4, 0.5) is 0 Å². The Balaban J connectivity index is 1.87. The first-order chi connectivity index (χ1) is 16.0. The molecular formula is C28H23Br2NO2.